The van der Waals surface area contributed by atoms with Crippen molar-refractivity contribution in [1.29, 1.82) is 0 Å². The smallest absolute Gasteiger partial charge is 0.340 e. The first-order valence-corrected chi connectivity index (χ1v) is 6.74. The SMILES string of the molecule is Cc1cccc(N)c1C(=O)OC1CCCCCC1. The summed E-state index contributed by atoms with van der Waals surface area (Å²) in [6.45, 7) is 1.89. The van der Waals surface area contributed by atoms with Crippen molar-refractivity contribution in [2.45, 2.75) is 51.6 Å². The Balaban J connectivity index is 2.07. The summed E-state index contributed by atoms with van der Waals surface area (Å²) >= 11 is 0. The Bertz CT molecular complexity index is 400. The molecule has 0 atom stereocenters. The van der Waals surface area contributed by atoms with Gasteiger partial charge in [0.25, 0.3) is 0 Å². The molecule has 98 valence electrons. The van der Waals surface area contributed by atoms with Crippen molar-refractivity contribution in [2.75, 3.05) is 5.73 Å². The van der Waals surface area contributed by atoms with E-state index in [2.05, 4.69) is 0 Å². The summed E-state index contributed by atoms with van der Waals surface area (Å²) < 4.78 is 5.60. The van der Waals surface area contributed by atoms with E-state index in [1.165, 1.54) is 12.8 Å². The Morgan fingerprint density at radius 3 is 2.50 bits per heavy atom. The first kappa shape index (κ1) is 12.9. The van der Waals surface area contributed by atoms with Gasteiger partial charge in [0.1, 0.15) is 6.10 Å². The van der Waals surface area contributed by atoms with E-state index in [4.69, 9.17) is 10.5 Å². The van der Waals surface area contributed by atoms with Crippen LogP contribution in [0.15, 0.2) is 18.2 Å². The summed E-state index contributed by atoms with van der Waals surface area (Å²) in [6.07, 6.45) is 6.84. The quantitative estimate of drug-likeness (QED) is 0.494. The standard InChI is InChI=1S/C15H21NO2/c1-11-7-6-10-13(16)14(11)15(17)18-12-8-4-2-3-5-9-12/h6-7,10,12H,2-5,8-9,16H2,1H3. The number of benzene rings is 1. The van der Waals surface area contributed by atoms with Gasteiger partial charge in [0.15, 0.2) is 0 Å². The molecule has 1 saturated carbocycles. The molecule has 1 aromatic rings. The lowest BCUT2D eigenvalue weighted by Gasteiger charge is -2.17. The van der Waals surface area contributed by atoms with Crippen molar-refractivity contribution in [3.63, 3.8) is 0 Å². The number of rotatable bonds is 2. The largest absolute Gasteiger partial charge is 0.459 e. The van der Waals surface area contributed by atoms with Crippen LogP contribution < -0.4 is 5.73 Å². The number of nitrogen functional groups attached to an aromatic ring is 1. The fraction of sp³-hybridized carbons (Fsp3) is 0.533. The van der Waals surface area contributed by atoms with Crippen LogP contribution in [0.4, 0.5) is 5.69 Å². The number of hydrogen-bond acceptors (Lipinski definition) is 3. The first-order valence-electron chi connectivity index (χ1n) is 6.74. The molecule has 0 unspecified atom stereocenters. The van der Waals surface area contributed by atoms with Crippen LogP contribution >= 0.6 is 0 Å². The highest BCUT2D eigenvalue weighted by Gasteiger charge is 2.20. The average molecular weight is 247 g/mol. The van der Waals surface area contributed by atoms with Gasteiger partial charge in [0.05, 0.1) is 5.56 Å². The van der Waals surface area contributed by atoms with E-state index < -0.39 is 0 Å². The van der Waals surface area contributed by atoms with E-state index in [0.29, 0.717) is 11.3 Å². The molecule has 1 aliphatic rings. The van der Waals surface area contributed by atoms with E-state index >= 15 is 0 Å². The molecule has 3 heteroatoms. The van der Waals surface area contributed by atoms with Crippen LogP contribution in [-0.2, 0) is 4.74 Å². The molecule has 0 aliphatic heterocycles. The summed E-state index contributed by atoms with van der Waals surface area (Å²) in [5.41, 5.74) is 7.78. The third-order valence-corrected chi connectivity index (χ3v) is 3.59. The summed E-state index contributed by atoms with van der Waals surface area (Å²) in [5.74, 6) is -0.266. The molecule has 1 aliphatic carbocycles. The normalized spacial score (nSPS) is 17.2. The zero-order valence-corrected chi connectivity index (χ0v) is 10.9. The van der Waals surface area contributed by atoms with Crippen LogP contribution in [0.3, 0.4) is 0 Å². The van der Waals surface area contributed by atoms with Gasteiger partial charge in [-0.2, -0.15) is 0 Å². The lowest BCUT2D eigenvalue weighted by atomic mass is 10.1. The zero-order valence-electron chi connectivity index (χ0n) is 10.9. The molecule has 0 spiro atoms. The van der Waals surface area contributed by atoms with Gasteiger partial charge in [-0.15, -0.1) is 0 Å². The maximum Gasteiger partial charge on any atom is 0.340 e. The monoisotopic (exact) mass is 247 g/mol. The summed E-state index contributed by atoms with van der Waals surface area (Å²) in [5, 5.41) is 0. The lowest BCUT2D eigenvalue weighted by molar-refractivity contribution is 0.0268. The van der Waals surface area contributed by atoms with Crippen molar-refractivity contribution in [3.05, 3.63) is 29.3 Å². The van der Waals surface area contributed by atoms with Crippen LogP contribution in [0.1, 0.15) is 54.4 Å². The number of aryl methyl sites for hydroxylation is 1. The predicted molar refractivity (Wildman–Crippen MR) is 72.5 cm³/mol. The Morgan fingerprint density at radius 2 is 1.89 bits per heavy atom. The van der Waals surface area contributed by atoms with Gasteiger partial charge in [-0.1, -0.05) is 25.0 Å². The average Bonchev–Trinajstić information content (AvgIpc) is 2.57. The number of anilines is 1. The van der Waals surface area contributed by atoms with Crippen LogP contribution in [0.25, 0.3) is 0 Å². The van der Waals surface area contributed by atoms with E-state index in [9.17, 15) is 4.79 Å². The van der Waals surface area contributed by atoms with Gasteiger partial charge in [-0.05, 0) is 44.2 Å². The second kappa shape index (κ2) is 5.89. The molecule has 1 aromatic carbocycles. The molecule has 3 nitrogen and oxygen atoms in total. The number of nitrogens with two attached hydrogens (primary N) is 1. The minimum absolute atomic E-state index is 0.0685. The van der Waals surface area contributed by atoms with E-state index in [1.807, 2.05) is 19.1 Å². The van der Waals surface area contributed by atoms with Gasteiger partial charge >= 0.3 is 5.97 Å². The Morgan fingerprint density at radius 1 is 1.22 bits per heavy atom. The Kier molecular flexibility index (Phi) is 4.24. The van der Waals surface area contributed by atoms with Crippen LogP contribution in [-0.4, -0.2) is 12.1 Å². The molecule has 18 heavy (non-hydrogen) atoms. The Labute approximate surface area is 108 Å². The van der Waals surface area contributed by atoms with E-state index in [0.717, 1.165) is 31.2 Å². The second-order valence-electron chi connectivity index (χ2n) is 5.06. The molecule has 0 saturated heterocycles. The number of carbonyl (C=O) groups excluding carboxylic acids is 1. The molecule has 0 amide bonds. The summed E-state index contributed by atoms with van der Waals surface area (Å²) in [6, 6.07) is 5.49. The molecule has 2 N–H and O–H groups in total. The highest BCUT2D eigenvalue weighted by Crippen LogP contribution is 2.23. The van der Waals surface area contributed by atoms with Crippen LogP contribution in [0.5, 0.6) is 0 Å². The molecular formula is C15H21NO2. The fourth-order valence-corrected chi connectivity index (χ4v) is 2.54. The third kappa shape index (κ3) is 3.03. The third-order valence-electron chi connectivity index (χ3n) is 3.59. The highest BCUT2D eigenvalue weighted by molar-refractivity contribution is 5.96. The van der Waals surface area contributed by atoms with E-state index in [1.54, 1.807) is 6.07 Å². The molecular weight excluding hydrogens is 226 g/mol. The van der Waals surface area contributed by atoms with Crippen LogP contribution in [0, 0.1) is 6.92 Å². The minimum Gasteiger partial charge on any atom is -0.459 e. The zero-order chi connectivity index (χ0) is 13.0. The number of ether oxygens (including phenoxy) is 1. The van der Waals surface area contributed by atoms with Gasteiger partial charge in [-0.25, -0.2) is 4.79 Å². The first-order chi connectivity index (χ1) is 8.68. The topological polar surface area (TPSA) is 52.3 Å². The molecule has 0 aromatic heterocycles. The van der Waals surface area contributed by atoms with Crippen molar-refractivity contribution in [1.82, 2.24) is 0 Å². The van der Waals surface area contributed by atoms with Crippen molar-refractivity contribution < 1.29 is 9.53 Å². The number of hydrogen-bond donors (Lipinski definition) is 1. The lowest BCUT2D eigenvalue weighted by Crippen LogP contribution is -2.19. The van der Waals surface area contributed by atoms with E-state index in [-0.39, 0.29) is 12.1 Å². The van der Waals surface area contributed by atoms with Crippen molar-refractivity contribution in [2.24, 2.45) is 0 Å². The Hall–Kier alpha value is -1.51. The van der Waals surface area contributed by atoms with Gasteiger partial charge in [0.2, 0.25) is 0 Å². The van der Waals surface area contributed by atoms with Crippen molar-refractivity contribution in [3.8, 4) is 0 Å². The van der Waals surface area contributed by atoms with Gasteiger partial charge in [0, 0.05) is 5.69 Å². The number of esters is 1. The molecule has 0 bridgehead atoms. The molecule has 2 rings (SSSR count). The van der Waals surface area contributed by atoms with Crippen molar-refractivity contribution >= 4 is 11.7 Å². The minimum atomic E-state index is -0.266. The fourth-order valence-electron chi connectivity index (χ4n) is 2.54. The second-order valence-corrected chi connectivity index (χ2v) is 5.06. The molecule has 0 heterocycles. The highest BCUT2D eigenvalue weighted by atomic mass is 16.5. The molecule has 1 fully saturated rings. The maximum atomic E-state index is 12.2. The van der Waals surface area contributed by atoms with Crippen LogP contribution in [0.2, 0.25) is 0 Å². The van der Waals surface area contributed by atoms with Gasteiger partial charge < -0.3 is 10.5 Å². The molecule has 0 radical (unpaired) electrons. The summed E-state index contributed by atoms with van der Waals surface area (Å²) in [7, 11) is 0. The predicted octanol–water partition coefficient (Wildman–Crippen LogP) is 3.46. The maximum absolute atomic E-state index is 12.2. The number of carbonyl (C=O) groups is 1. The van der Waals surface area contributed by atoms with Gasteiger partial charge in [-0.3, -0.25) is 0 Å². The summed E-state index contributed by atoms with van der Waals surface area (Å²) in [4.78, 5) is 12.2.